The third-order valence-electron chi connectivity index (χ3n) is 5.58. The van der Waals surface area contributed by atoms with Crippen molar-refractivity contribution >= 4 is 33.6 Å². The fraction of sp³-hybridized carbons (Fsp3) is 0.182. The number of carbonyl (C=O) groups is 1. The lowest BCUT2D eigenvalue weighted by molar-refractivity contribution is -0.385. The van der Waals surface area contributed by atoms with Crippen molar-refractivity contribution in [2.45, 2.75) is 25.3 Å². The van der Waals surface area contributed by atoms with Gasteiger partial charge in [-0.2, -0.15) is 0 Å². The SMILES string of the molecule is O=C1CCCC2=C1[C@H](c1ccccc1[N+](=O)[O-])Nc1ccc3ncccc3c12. The number of anilines is 1. The summed E-state index contributed by atoms with van der Waals surface area (Å²) >= 11 is 0. The number of nitro groups is 1. The van der Waals surface area contributed by atoms with Crippen LogP contribution in [0.4, 0.5) is 11.4 Å². The summed E-state index contributed by atoms with van der Waals surface area (Å²) < 4.78 is 0. The minimum Gasteiger partial charge on any atom is -0.373 e. The molecule has 2 heterocycles. The van der Waals surface area contributed by atoms with E-state index in [0.717, 1.165) is 40.6 Å². The molecule has 0 amide bonds. The molecule has 0 saturated carbocycles. The molecule has 1 aliphatic heterocycles. The van der Waals surface area contributed by atoms with Crippen molar-refractivity contribution in [1.29, 1.82) is 0 Å². The molecule has 0 spiro atoms. The Morgan fingerprint density at radius 3 is 2.79 bits per heavy atom. The molecule has 138 valence electrons. The second-order valence-corrected chi connectivity index (χ2v) is 7.12. The van der Waals surface area contributed by atoms with Gasteiger partial charge in [0.05, 0.1) is 22.0 Å². The number of nitro benzene ring substituents is 1. The molecule has 28 heavy (non-hydrogen) atoms. The van der Waals surface area contributed by atoms with E-state index < -0.39 is 6.04 Å². The third-order valence-corrected chi connectivity index (χ3v) is 5.58. The van der Waals surface area contributed by atoms with Gasteiger partial charge in [0.2, 0.25) is 0 Å². The van der Waals surface area contributed by atoms with Crippen LogP contribution in [0.1, 0.15) is 36.4 Å². The molecule has 1 aliphatic carbocycles. The Balaban J connectivity index is 1.80. The number of pyridine rings is 1. The molecule has 0 radical (unpaired) electrons. The second kappa shape index (κ2) is 6.27. The van der Waals surface area contributed by atoms with Crippen LogP contribution in [0.5, 0.6) is 0 Å². The number of rotatable bonds is 2. The highest BCUT2D eigenvalue weighted by molar-refractivity contribution is 6.12. The Bertz CT molecular complexity index is 1180. The van der Waals surface area contributed by atoms with Gasteiger partial charge < -0.3 is 5.32 Å². The molecule has 1 N–H and O–H groups in total. The second-order valence-electron chi connectivity index (χ2n) is 7.12. The number of fused-ring (bicyclic) bond motifs is 4. The summed E-state index contributed by atoms with van der Waals surface area (Å²) in [6.07, 6.45) is 3.79. The summed E-state index contributed by atoms with van der Waals surface area (Å²) in [4.78, 5) is 28.6. The van der Waals surface area contributed by atoms with Crippen molar-refractivity contribution in [2.24, 2.45) is 0 Å². The van der Waals surface area contributed by atoms with E-state index in [1.165, 1.54) is 6.07 Å². The number of nitrogens with zero attached hydrogens (tertiary/aromatic N) is 2. The lowest BCUT2D eigenvalue weighted by Gasteiger charge is -2.34. The van der Waals surface area contributed by atoms with Gasteiger partial charge in [-0.3, -0.25) is 19.9 Å². The molecule has 2 aliphatic rings. The number of nitrogens with one attached hydrogen (secondary N) is 1. The van der Waals surface area contributed by atoms with Crippen molar-refractivity contribution in [3.63, 3.8) is 0 Å². The van der Waals surface area contributed by atoms with Gasteiger partial charge in [-0.15, -0.1) is 0 Å². The monoisotopic (exact) mass is 371 g/mol. The number of carbonyl (C=O) groups excluding carboxylic acids is 1. The molecule has 0 saturated heterocycles. The molecular formula is C22H17N3O3. The molecule has 6 nitrogen and oxygen atoms in total. The summed E-state index contributed by atoms with van der Waals surface area (Å²) in [6, 6.07) is 13.9. The maximum Gasteiger partial charge on any atom is 0.275 e. The summed E-state index contributed by atoms with van der Waals surface area (Å²) in [5.41, 5.74) is 4.96. The van der Waals surface area contributed by atoms with Crippen molar-refractivity contribution in [3.05, 3.63) is 81.5 Å². The Morgan fingerprint density at radius 1 is 1.07 bits per heavy atom. The molecular weight excluding hydrogens is 354 g/mol. The largest absolute Gasteiger partial charge is 0.373 e. The molecule has 1 atom stereocenters. The molecule has 1 aromatic heterocycles. The third kappa shape index (κ3) is 2.41. The van der Waals surface area contributed by atoms with Gasteiger partial charge in [0.25, 0.3) is 5.69 Å². The van der Waals surface area contributed by atoms with Gasteiger partial charge >= 0.3 is 0 Å². The normalized spacial score (nSPS) is 18.4. The van der Waals surface area contributed by atoms with Gasteiger partial charge in [0.15, 0.2) is 5.78 Å². The van der Waals surface area contributed by atoms with E-state index in [2.05, 4.69) is 10.3 Å². The summed E-state index contributed by atoms with van der Waals surface area (Å²) in [5, 5.41) is 16.0. The zero-order chi connectivity index (χ0) is 19.3. The first-order chi connectivity index (χ1) is 13.6. The summed E-state index contributed by atoms with van der Waals surface area (Å²) in [6.45, 7) is 0. The lowest BCUT2D eigenvalue weighted by Crippen LogP contribution is -2.27. The highest BCUT2D eigenvalue weighted by Crippen LogP contribution is 2.48. The van der Waals surface area contributed by atoms with Gasteiger partial charge in [0.1, 0.15) is 0 Å². The molecule has 0 fully saturated rings. The van der Waals surface area contributed by atoms with Crippen molar-refractivity contribution in [2.75, 3.05) is 5.32 Å². The number of para-hydroxylation sites is 1. The zero-order valence-corrected chi connectivity index (χ0v) is 15.0. The number of allylic oxidation sites excluding steroid dienone is 1. The van der Waals surface area contributed by atoms with Crippen LogP contribution in [0.25, 0.3) is 16.5 Å². The number of benzene rings is 2. The van der Waals surface area contributed by atoms with E-state index in [1.54, 1.807) is 24.4 Å². The molecule has 5 rings (SSSR count). The van der Waals surface area contributed by atoms with Crippen LogP contribution in [0.2, 0.25) is 0 Å². The predicted octanol–water partition coefficient (Wildman–Crippen LogP) is 4.82. The quantitative estimate of drug-likeness (QED) is 0.516. The first-order valence-electron chi connectivity index (χ1n) is 9.29. The van der Waals surface area contributed by atoms with E-state index in [4.69, 9.17) is 0 Å². The van der Waals surface area contributed by atoms with Crippen molar-refractivity contribution in [3.8, 4) is 0 Å². The Labute approximate surface area is 161 Å². The number of aromatic nitrogens is 1. The Hall–Kier alpha value is -3.54. The molecule has 2 aromatic carbocycles. The number of Topliss-reactive ketones (excluding diaryl/α,β-unsaturated/α-hetero) is 1. The molecule has 3 aromatic rings. The topological polar surface area (TPSA) is 85.1 Å². The summed E-state index contributed by atoms with van der Waals surface area (Å²) in [5.74, 6) is 0.0587. The first-order valence-corrected chi connectivity index (χ1v) is 9.29. The van der Waals surface area contributed by atoms with Crippen LogP contribution in [0, 0.1) is 10.1 Å². The van der Waals surface area contributed by atoms with Crippen LogP contribution >= 0.6 is 0 Å². The highest BCUT2D eigenvalue weighted by Gasteiger charge is 2.37. The Kier molecular flexibility index (Phi) is 3.72. The van der Waals surface area contributed by atoms with Gasteiger partial charge in [-0.1, -0.05) is 18.2 Å². The number of hydrogen-bond acceptors (Lipinski definition) is 5. The first kappa shape index (κ1) is 16.6. The fourth-order valence-corrected chi connectivity index (χ4v) is 4.41. The van der Waals surface area contributed by atoms with E-state index in [9.17, 15) is 14.9 Å². The standard InChI is InChI=1S/C22H17N3O3/c26-19-9-3-6-15-20-13-7-4-12-23-16(13)10-11-17(20)24-22(21(15)19)14-5-1-2-8-18(14)25(27)28/h1-2,4-5,7-8,10-12,22,24H,3,6,9H2/t22-/m0/s1. The Morgan fingerprint density at radius 2 is 1.93 bits per heavy atom. The van der Waals surface area contributed by atoms with Crippen molar-refractivity contribution < 1.29 is 9.72 Å². The van der Waals surface area contributed by atoms with Crippen LogP contribution < -0.4 is 5.32 Å². The van der Waals surface area contributed by atoms with Crippen LogP contribution in [0.3, 0.4) is 0 Å². The maximum atomic E-state index is 13.0. The van der Waals surface area contributed by atoms with E-state index in [1.807, 2.05) is 24.3 Å². The smallest absolute Gasteiger partial charge is 0.275 e. The van der Waals surface area contributed by atoms with Gasteiger partial charge in [0, 0.05) is 40.9 Å². The lowest BCUT2D eigenvalue weighted by atomic mass is 9.77. The summed E-state index contributed by atoms with van der Waals surface area (Å²) in [7, 11) is 0. The van der Waals surface area contributed by atoms with Crippen molar-refractivity contribution in [1.82, 2.24) is 4.98 Å². The average molecular weight is 371 g/mol. The van der Waals surface area contributed by atoms with E-state index in [0.29, 0.717) is 17.6 Å². The fourth-order valence-electron chi connectivity index (χ4n) is 4.41. The van der Waals surface area contributed by atoms with Gasteiger partial charge in [-0.25, -0.2) is 0 Å². The van der Waals surface area contributed by atoms with Gasteiger partial charge in [-0.05, 0) is 42.7 Å². The number of hydrogen-bond donors (Lipinski definition) is 1. The van der Waals surface area contributed by atoms with Crippen LogP contribution in [0.15, 0.2) is 60.3 Å². The maximum absolute atomic E-state index is 13.0. The minimum atomic E-state index is -0.522. The van der Waals surface area contributed by atoms with E-state index >= 15 is 0 Å². The molecule has 6 heteroatoms. The van der Waals surface area contributed by atoms with Crippen LogP contribution in [-0.2, 0) is 4.79 Å². The highest BCUT2D eigenvalue weighted by atomic mass is 16.6. The zero-order valence-electron chi connectivity index (χ0n) is 15.0. The van der Waals surface area contributed by atoms with E-state index in [-0.39, 0.29) is 16.4 Å². The average Bonchev–Trinajstić information content (AvgIpc) is 2.73. The van der Waals surface area contributed by atoms with Crippen LogP contribution in [-0.4, -0.2) is 15.7 Å². The number of ketones is 1. The predicted molar refractivity (Wildman–Crippen MR) is 107 cm³/mol. The molecule has 0 bridgehead atoms. The molecule has 0 unspecified atom stereocenters. The minimum absolute atomic E-state index is 0.0242.